The average molecular weight is 453 g/mol. The number of allylic oxidation sites excluding steroid dienone is 5. The van der Waals surface area contributed by atoms with Crippen LogP contribution in [0.1, 0.15) is 73.6 Å². The van der Waals surface area contributed by atoms with E-state index in [0.29, 0.717) is 12.2 Å². The van der Waals surface area contributed by atoms with Crippen LogP contribution in [0.25, 0.3) is 0 Å². The first-order valence-corrected chi connectivity index (χ1v) is 12.0. The first-order chi connectivity index (χ1) is 14.6. The molecule has 176 valence electrons. The minimum absolute atomic E-state index is 0.269. The predicted octanol–water partition coefficient (Wildman–Crippen LogP) is 4.62. The first-order valence-electron chi connectivity index (χ1n) is 10.9. The molecule has 0 saturated carbocycles. The Kier molecular flexibility index (Phi) is 15.6. The Labute approximate surface area is 192 Å². The number of carboxylic acids is 1. The molecule has 0 aliphatic rings. The fourth-order valence-corrected chi connectivity index (χ4v) is 3.77. The topological polar surface area (TPSA) is 95.5 Å². The highest BCUT2D eigenvalue weighted by atomic mass is 32.2. The molecule has 3 N–H and O–H groups in total. The maximum Gasteiger partial charge on any atom is 0.327 e. The Morgan fingerprint density at radius 2 is 1.45 bits per heavy atom. The molecule has 0 aliphatic carbocycles. The summed E-state index contributed by atoms with van der Waals surface area (Å²) < 4.78 is 0. The van der Waals surface area contributed by atoms with Crippen LogP contribution in [0.15, 0.2) is 34.9 Å². The molecule has 7 heteroatoms. The van der Waals surface area contributed by atoms with Gasteiger partial charge in [-0.1, -0.05) is 41.9 Å². The van der Waals surface area contributed by atoms with Crippen molar-refractivity contribution >= 4 is 29.5 Å². The van der Waals surface area contributed by atoms with E-state index in [1.807, 2.05) is 0 Å². The molecular weight excluding hydrogens is 412 g/mol. The lowest BCUT2D eigenvalue weighted by Gasteiger charge is -2.19. The van der Waals surface area contributed by atoms with Crippen LogP contribution in [0.2, 0.25) is 0 Å². The third kappa shape index (κ3) is 15.4. The highest BCUT2D eigenvalue weighted by Gasteiger charge is 2.24. The zero-order valence-electron chi connectivity index (χ0n) is 19.9. The van der Waals surface area contributed by atoms with Gasteiger partial charge < -0.3 is 15.7 Å². The second-order valence-electron chi connectivity index (χ2n) is 8.06. The summed E-state index contributed by atoms with van der Waals surface area (Å²) in [6.45, 7) is 11.6. The minimum Gasteiger partial charge on any atom is -0.480 e. The lowest BCUT2D eigenvalue weighted by atomic mass is 10.1. The average Bonchev–Trinajstić information content (AvgIpc) is 2.67. The zero-order valence-corrected chi connectivity index (χ0v) is 20.7. The molecule has 0 rings (SSSR count). The van der Waals surface area contributed by atoms with E-state index in [1.54, 1.807) is 6.92 Å². The van der Waals surface area contributed by atoms with Crippen molar-refractivity contribution in [2.24, 2.45) is 0 Å². The molecule has 6 nitrogen and oxygen atoms in total. The molecule has 0 aliphatic heterocycles. The Hall–Kier alpha value is -2.02. The number of nitrogens with one attached hydrogen (secondary N) is 2. The summed E-state index contributed by atoms with van der Waals surface area (Å²) >= 11 is 1.47. The second kappa shape index (κ2) is 16.6. The van der Waals surface area contributed by atoms with Gasteiger partial charge in [0.2, 0.25) is 11.8 Å². The van der Waals surface area contributed by atoms with Crippen molar-refractivity contribution in [3.8, 4) is 0 Å². The van der Waals surface area contributed by atoms with Crippen molar-refractivity contribution in [2.45, 2.75) is 85.7 Å². The van der Waals surface area contributed by atoms with E-state index in [-0.39, 0.29) is 11.7 Å². The van der Waals surface area contributed by atoms with E-state index in [4.69, 9.17) is 0 Å². The highest BCUT2D eigenvalue weighted by Crippen LogP contribution is 2.13. The Morgan fingerprint density at radius 1 is 0.871 bits per heavy atom. The Morgan fingerprint density at radius 3 is 1.97 bits per heavy atom. The van der Waals surface area contributed by atoms with Crippen LogP contribution >= 0.6 is 11.8 Å². The van der Waals surface area contributed by atoms with Crippen molar-refractivity contribution in [1.29, 1.82) is 0 Å². The molecule has 31 heavy (non-hydrogen) atoms. The first kappa shape index (κ1) is 29.0. The van der Waals surface area contributed by atoms with Gasteiger partial charge in [0.05, 0.1) is 0 Å². The number of hydrogen-bond acceptors (Lipinski definition) is 4. The molecule has 2 amide bonds. The number of aliphatic carboxylic acids is 1. The van der Waals surface area contributed by atoms with E-state index in [1.165, 1.54) is 35.4 Å². The summed E-state index contributed by atoms with van der Waals surface area (Å²) in [5, 5.41) is 14.4. The van der Waals surface area contributed by atoms with Crippen LogP contribution in [-0.4, -0.2) is 46.5 Å². The lowest BCUT2D eigenvalue weighted by Crippen LogP contribution is -2.51. The van der Waals surface area contributed by atoms with Gasteiger partial charge >= 0.3 is 5.97 Å². The van der Waals surface area contributed by atoms with E-state index in [9.17, 15) is 19.5 Å². The summed E-state index contributed by atoms with van der Waals surface area (Å²) in [4.78, 5) is 34.9. The van der Waals surface area contributed by atoms with Gasteiger partial charge in [-0.15, -0.1) is 0 Å². The van der Waals surface area contributed by atoms with Gasteiger partial charge in [-0.25, -0.2) is 4.79 Å². The molecule has 0 fully saturated rings. The smallest absolute Gasteiger partial charge is 0.327 e. The summed E-state index contributed by atoms with van der Waals surface area (Å²) in [5.74, 6) is -0.901. The molecule has 0 aromatic carbocycles. The van der Waals surface area contributed by atoms with E-state index >= 15 is 0 Å². The van der Waals surface area contributed by atoms with Gasteiger partial charge in [-0.3, -0.25) is 9.59 Å². The van der Waals surface area contributed by atoms with E-state index in [2.05, 4.69) is 56.6 Å². The normalized spacial score (nSPS) is 13.9. The summed E-state index contributed by atoms with van der Waals surface area (Å²) in [5.41, 5.74) is 4.03. The number of rotatable bonds is 15. The van der Waals surface area contributed by atoms with Gasteiger partial charge in [0.25, 0.3) is 0 Å². The number of hydrogen-bond donors (Lipinski definition) is 3. The minimum atomic E-state index is -1.08. The summed E-state index contributed by atoms with van der Waals surface area (Å²) in [6.07, 6.45) is 11.2. The molecule has 0 aromatic heterocycles. The maximum absolute atomic E-state index is 12.2. The van der Waals surface area contributed by atoms with Crippen LogP contribution in [0.5, 0.6) is 0 Å². The molecule has 0 aromatic rings. The van der Waals surface area contributed by atoms with Crippen LogP contribution in [0, 0.1) is 0 Å². The molecule has 0 spiro atoms. The third-order valence-electron chi connectivity index (χ3n) is 4.67. The van der Waals surface area contributed by atoms with Gasteiger partial charge in [0.1, 0.15) is 12.1 Å². The fourth-order valence-electron chi connectivity index (χ4n) is 2.77. The summed E-state index contributed by atoms with van der Waals surface area (Å²) in [7, 11) is 0. The molecule has 0 saturated heterocycles. The van der Waals surface area contributed by atoms with Crippen molar-refractivity contribution in [1.82, 2.24) is 10.6 Å². The van der Waals surface area contributed by atoms with Crippen LogP contribution in [-0.2, 0) is 14.4 Å². The Bertz CT molecular complexity index is 679. The predicted molar refractivity (Wildman–Crippen MR) is 130 cm³/mol. The molecule has 0 heterocycles. The highest BCUT2D eigenvalue weighted by molar-refractivity contribution is 7.99. The standard InChI is InChI=1S/C24H40N2O4S/c1-7-21(25-20(6)27)23(28)26-22(24(29)30)16-31-15-14-19(5)13-9-12-18(4)11-8-10-17(2)3/h10,12,14,21-22H,7-9,11,13,15-16H2,1-6H3,(H,25,27)(H,26,28)(H,29,30). The number of thioether (sulfide) groups is 1. The van der Waals surface area contributed by atoms with Gasteiger partial charge in [0, 0.05) is 18.4 Å². The van der Waals surface area contributed by atoms with Crippen LogP contribution in [0.4, 0.5) is 0 Å². The fraction of sp³-hybridized carbons (Fsp3) is 0.625. The molecular formula is C24H40N2O4S. The molecule has 2 unspecified atom stereocenters. The van der Waals surface area contributed by atoms with Gasteiger partial charge in [-0.2, -0.15) is 11.8 Å². The van der Waals surface area contributed by atoms with E-state index < -0.39 is 24.0 Å². The molecule has 0 bridgehead atoms. The maximum atomic E-state index is 12.2. The number of carboxylic acid groups (broad SMARTS) is 1. The van der Waals surface area contributed by atoms with Crippen molar-refractivity contribution in [3.63, 3.8) is 0 Å². The third-order valence-corrected chi connectivity index (χ3v) is 5.65. The number of amides is 2. The number of carbonyl (C=O) groups excluding carboxylic acids is 2. The second-order valence-corrected chi connectivity index (χ2v) is 9.13. The summed E-state index contributed by atoms with van der Waals surface area (Å²) in [6, 6.07) is -1.70. The Balaban J connectivity index is 4.40. The van der Waals surface area contributed by atoms with Gasteiger partial charge in [-0.05, 0) is 59.8 Å². The largest absolute Gasteiger partial charge is 0.480 e. The SMILES string of the molecule is CCC(NC(C)=O)C(=O)NC(CSCC=C(C)CCC=C(C)CCC=C(C)C)C(=O)O. The van der Waals surface area contributed by atoms with Crippen molar-refractivity contribution in [3.05, 3.63) is 34.9 Å². The van der Waals surface area contributed by atoms with Crippen LogP contribution < -0.4 is 10.6 Å². The van der Waals surface area contributed by atoms with Crippen LogP contribution in [0.3, 0.4) is 0 Å². The molecule has 2 atom stereocenters. The van der Waals surface area contributed by atoms with Gasteiger partial charge in [0.15, 0.2) is 0 Å². The lowest BCUT2D eigenvalue weighted by molar-refractivity contribution is -0.141. The number of carbonyl (C=O) groups is 3. The zero-order chi connectivity index (χ0) is 23.8. The van der Waals surface area contributed by atoms with E-state index in [0.717, 1.165) is 25.7 Å². The van der Waals surface area contributed by atoms with Crippen molar-refractivity contribution < 1.29 is 19.5 Å². The monoisotopic (exact) mass is 452 g/mol. The molecule has 0 radical (unpaired) electrons. The van der Waals surface area contributed by atoms with Crippen molar-refractivity contribution in [2.75, 3.05) is 11.5 Å². The quantitative estimate of drug-likeness (QED) is 0.249.